The number of nitrogens with two attached hydrogens (primary N) is 2. The molecule has 2 amide bonds. The van der Waals surface area contributed by atoms with Crippen LogP contribution in [0.4, 0.5) is 11.5 Å². The van der Waals surface area contributed by atoms with Gasteiger partial charge in [-0.25, -0.2) is 15.0 Å². The molecule has 202 valence electrons. The maximum absolute atomic E-state index is 12.3. The van der Waals surface area contributed by atoms with Gasteiger partial charge < -0.3 is 21.5 Å². The Morgan fingerprint density at radius 1 is 1.10 bits per heavy atom. The molecule has 11 heteroatoms. The predicted octanol–water partition coefficient (Wildman–Crippen LogP) is 5.59. The van der Waals surface area contributed by atoms with E-state index in [1.807, 2.05) is 19.1 Å². The van der Waals surface area contributed by atoms with Crippen molar-refractivity contribution in [1.82, 2.24) is 15.0 Å². The summed E-state index contributed by atoms with van der Waals surface area (Å²) >= 11 is 1.34. The van der Waals surface area contributed by atoms with E-state index in [2.05, 4.69) is 26.3 Å². The van der Waals surface area contributed by atoms with Crippen LogP contribution in [0.15, 0.2) is 73.1 Å². The Morgan fingerprint density at radius 3 is 2.54 bits per heavy atom. The maximum atomic E-state index is 12.3. The van der Waals surface area contributed by atoms with Crippen molar-refractivity contribution in [2.75, 3.05) is 11.1 Å². The summed E-state index contributed by atoms with van der Waals surface area (Å²) in [6.45, 7) is 3.58. The SMILES string of the molecule is CC=CC(=O)Nc1ccc(-c2sc3c(C(N)=O)cnc(N)c3c2-c2ccc(Oc3nccc(C)n3)c(C#N)c2)cc1. The quantitative estimate of drug-likeness (QED) is 0.216. The molecular formula is C30H23N7O3S. The van der Waals surface area contributed by atoms with Gasteiger partial charge in [0.25, 0.3) is 5.91 Å². The molecule has 0 fully saturated rings. The van der Waals surface area contributed by atoms with Gasteiger partial charge in [0.2, 0.25) is 5.91 Å². The second kappa shape index (κ2) is 11.3. The molecule has 0 bridgehead atoms. The molecule has 0 radical (unpaired) electrons. The zero-order valence-corrected chi connectivity index (χ0v) is 22.8. The molecule has 5 rings (SSSR count). The van der Waals surface area contributed by atoms with E-state index in [1.54, 1.807) is 55.6 Å². The predicted molar refractivity (Wildman–Crippen MR) is 158 cm³/mol. The molecule has 0 aliphatic heterocycles. The Morgan fingerprint density at radius 2 is 1.85 bits per heavy atom. The van der Waals surface area contributed by atoms with Crippen LogP contribution < -0.4 is 21.5 Å². The summed E-state index contributed by atoms with van der Waals surface area (Å²) in [7, 11) is 0. The number of nitrogens with zero attached hydrogens (tertiary/aromatic N) is 4. The van der Waals surface area contributed by atoms with Crippen molar-refractivity contribution in [3.8, 4) is 39.4 Å². The second-order valence-corrected chi connectivity index (χ2v) is 9.92. The van der Waals surface area contributed by atoms with Gasteiger partial charge in [-0.05, 0) is 61.4 Å². The number of aromatic nitrogens is 3. The van der Waals surface area contributed by atoms with Crippen molar-refractivity contribution in [2.45, 2.75) is 13.8 Å². The van der Waals surface area contributed by atoms with Crippen molar-refractivity contribution in [2.24, 2.45) is 5.73 Å². The van der Waals surface area contributed by atoms with E-state index in [1.165, 1.54) is 23.6 Å². The number of thiophene rings is 1. The van der Waals surface area contributed by atoms with Crippen molar-refractivity contribution < 1.29 is 14.3 Å². The minimum atomic E-state index is -0.636. The monoisotopic (exact) mass is 561 g/mol. The number of nitrogen functional groups attached to an aromatic ring is 1. The third-order valence-corrected chi connectivity index (χ3v) is 7.37. The summed E-state index contributed by atoms with van der Waals surface area (Å²) in [5, 5.41) is 13.3. The van der Waals surface area contributed by atoms with Crippen molar-refractivity contribution in [1.29, 1.82) is 5.26 Å². The Kier molecular flexibility index (Phi) is 7.41. The molecule has 5 N–H and O–H groups in total. The Bertz CT molecular complexity index is 1890. The number of amides is 2. The Hall–Kier alpha value is -5.60. The number of carbonyl (C=O) groups excluding carboxylic acids is 2. The number of carbonyl (C=O) groups is 2. The van der Waals surface area contributed by atoms with Crippen LogP contribution in [-0.4, -0.2) is 26.8 Å². The molecule has 0 unspecified atom stereocenters. The number of nitriles is 1. The van der Waals surface area contributed by atoms with Gasteiger partial charge in [0.05, 0.1) is 15.8 Å². The maximum Gasteiger partial charge on any atom is 0.322 e. The topological polar surface area (TPSA) is 170 Å². The first-order valence-electron chi connectivity index (χ1n) is 12.4. The van der Waals surface area contributed by atoms with Gasteiger partial charge in [-0.3, -0.25) is 9.59 Å². The van der Waals surface area contributed by atoms with Gasteiger partial charge in [-0.2, -0.15) is 5.26 Å². The van der Waals surface area contributed by atoms with E-state index >= 15 is 0 Å². The van der Waals surface area contributed by atoms with Gasteiger partial charge in [0.15, 0.2) is 0 Å². The summed E-state index contributed by atoms with van der Waals surface area (Å²) in [6.07, 6.45) is 6.03. The molecule has 3 aromatic heterocycles. The van der Waals surface area contributed by atoms with E-state index in [-0.39, 0.29) is 34.6 Å². The first-order chi connectivity index (χ1) is 19.8. The minimum Gasteiger partial charge on any atom is -0.423 e. The number of aryl methyl sites for hydroxylation is 1. The third kappa shape index (κ3) is 5.45. The molecule has 0 spiro atoms. The lowest BCUT2D eigenvalue weighted by atomic mass is 9.96. The molecule has 0 aliphatic rings. The lowest BCUT2D eigenvalue weighted by Crippen LogP contribution is -2.11. The fraction of sp³-hybridized carbons (Fsp3) is 0.0667. The van der Waals surface area contributed by atoms with E-state index in [4.69, 9.17) is 16.2 Å². The molecule has 2 aromatic carbocycles. The van der Waals surface area contributed by atoms with E-state index < -0.39 is 5.91 Å². The standard InChI is InChI=1S/C30H23N7O3S/c1-3-4-23(38)37-20-8-5-17(6-9-20)26-24(25-27(41-26)21(29(33)39)15-35-28(25)32)18-7-10-22(19(13-18)14-31)40-30-34-12-11-16(2)36-30/h3-13,15H,1-2H3,(H2,32,35)(H2,33,39)(H,37,38). The number of ether oxygens (including phenoxy) is 1. The molecule has 0 aliphatic carbocycles. The summed E-state index contributed by atoms with van der Waals surface area (Å²) in [4.78, 5) is 37.6. The number of primary amides is 1. The summed E-state index contributed by atoms with van der Waals surface area (Å²) in [5.74, 6) is -0.378. The van der Waals surface area contributed by atoms with Gasteiger partial charge >= 0.3 is 6.01 Å². The average Bonchev–Trinajstić information content (AvgIpc) is 3.35. The van der Waals surface area contributed by atoms with Crippen LogP contribution in [0.25, 0.3) is 31.7 Å². The average molecular weight is 562 g/mol. The molecule has 5 aromatic rings. The highest BCUT2D eigenvalue weighted by molar-refractivity contribution is 7.23. The van der Waals surface area contributed by atoms with Gasteiger partial charge in [0.1, 0.15) is 17.6 Å². The molecule has 41 heavy (non-hydrogen) atoms. The Labute approximate surface area is 239 Å². The first kappa shape index (κ1) is 27.0. The van der Waals surface area contributed by atoms with Crippen LogP contribution in [0.2, 0.25) is 0 Å². The smallest absolute Gasteiger partial charge is 0.322 e. The highest BCUT2D eigenvalue weighted by atomic mass is 32.1. The largest absolute Gasteiger partial charge is 0.423 e. The molecule has 10 nitrogen and oxygen atoms in total. The second-order valence-electron chi connectivity index (χ2n) is 8.90. The number of anilines is 2. The van der Waals surface area contributed by atoms with Crippen LogP contribution in [-0.2, 0) is 4.79 Å². The Balaban J connectivity index is 1.67. The first-order valence-corrected chi connectivity index (χ1v) is 13.2. The van der Waals surface area contributed by atoms with Crippen LogP contribution in [0, 0.1) is 18.3 Å². The lowest BCUT2D eigenvalue weighted by molar-refractivity contribution is -0.111. The third-order valence-electron chi connectivity index (χ3n) is 6.10. The van der Waals surface area contributed by atoms with Gasteiger partial charge in [-0.15, -0.1) is 11.3 Å². The van der Waals surface area contributed by atoms with Crippen LogP contribution in [0.3, 0.4) is 0 Å². The fourth-order valence-electron chi connectivity index (χ4n) is 4.25. The number of allylic oxidation sites excluding steroid dienone is 1. The van der Waals surface area contributed by atoms with E-state index in [0.717, 1.165) is 16.1 Å². The van der Waals surface area contributed by atoms with Crippen molar-refractivity contribution >= 4 is 44.7 Å². The molecule has 0 atom stereocenters. The van der Waals surface area contributed by atoms with Crippen LogP contribution in [0.1, 0.15) is 28.5 Å². The number of benzene rings is 2. The summed E-state index contributed by atoms with van der Waals surface area (Å²) in [5.41, 5.74) is 16.0. The van der Waals surface area contributed by atoms with Crippen molar-refractivity contribution in [3.63, 3.8) is 0 Å². The van der Waals surface area contributed by atoms with Crippen molar-refractivity contribution in [3.05, 3.63) is 89.9 Å². The van der Waals surface area contributed by atoms with Crippen LogP contribution >= 0.6 is 11.3 Å². The number of rotatable bonds is 7. The van der Waals surface area contributed by atoms with Crippen LogP contribution in [0.5, 0.6) is 11.8 Å². The van der Waals surface area contributed by atoms with E-state index in [9.17, 15) is 14.9 Å². The number of fused-ring (bicyclic) bond motifs is 1. The van der Waals surface area contributed by atoms with Gasteiger partial charge in [0, 0.05) is 39.6 Å². The highest BCUT2D eigenvalue weighted by Crippen LogP contribution is 2.48. The number of pyridine rings is 1. The normalized spacial score (nSPS) is 11.0. The number of nitrogens with one attached hydrogen (secondary N) is 1. The number of hydrogen-bond donors (Lipinski definition) is 3. The summed E-state index contributed by atoms with van der Waals surface area (Å²) < 4.78 is 6.39. The fourth-order valence-corrected chi connectivity index (χ4v) is 5.60. The molecular weight excluding hydrogens is 538 g/mol. The lowest BCUT2D eigenvalue weighted by Gasteiger charge is -2.11. The summed E-state index contributed by atoms with van der Waals surface area (Å²) in [6, 6.07) is 16.4. The van der Waals surface area contributed by atoms with E-state index in [0.29, 0.717) is 26.9 Å². The molecule has 0 saturated heterocycles. The zero-order chi connectivity index (χ0) is 29.1. The molecule has 3 heterocycles. The van der Waals surface area contributed by atoms with Gasteiger partial charge in [-0.1, -0.05) is 24.3 Å². The molecule has 0 saturated carbocycles. The minimum absolute atomic E-state index is 0.122. The highest BCUT2D eigenvalue weighted by Gasteiger charge is 2.23. The number of hydrogen-bond acceptors (Lipinski definition) is 9. The zero-order valence-electron chi connectivity index (χ0n) is 22.0.